The van der Waals surface area contributed by atoms with Crippen LogP contribution in [0.15, 0.2) is 29.2 Å². The highest BCUT2D eigenvalue weighted by Crippen LogP contribution is 2.45. The lowest BCUT2D eigenvalue weighted by Gasteiger charge is -2.48. The molecule has 0 bridgehead atoms. The van der Waals surface area contributed by atoms with Crippen LogP contribution in [0.2, 0.25) is 0 Å². The van der Waals surface area contributed by atoms with Crippen LogP contribution in [0.1, 0.15) is 30.7 Å². The molecule has 0 aromatic carbocycles. The van der Waals surface area contributed by atoms with E-state index in [4.69, 9.17) is 23.9 Å². The van der Waals surface area contributed by atoms with Gasteiger partial charge in [-0.25, -0.2) is 9.78 Å². The Labute approximate surface area is 188 Å². The molecule has 33 heavy (non-hydrogen) atoms. The minimum Gasteiger partial charge on any atom is -0.476 e. The van der Waals surface area contributed by atoms with Gasteiger partial charge in [0.25, 0.3) is 0 Å². The number of hydrogen-bond donors (Lipinski definition) is 1. The van der Waals surface area contributed by atoms with Crippen molar-refractivity contribution in [3.05, 3.63) is 36.1 Å². The number of piperidine rings is 1. The average molecular weight is 472 g/mol. The van der Waals surface area contributed by atoms with Gasteiger partial charge in [0.15, 0.2) is 0 Å². The Morgan fingerprint density at radius 3 is 2.61 bits per heavy atom. The van der Waals surface area contributed by atoms with Gasteiger partial charge in [-0.05, 0) is 44.7 Å². The third-order valence-corrected chi connectivity index (χ3v) is 6.06. The van der Waals surface area contributed by atoms with Gasteiger partial charge in [-0.1, -0.05) is 5.16 Å². The molecule has 1 N–H and O–H groups in total. The highest BCUT2D eigenvalue weighted by molar-refractivity contribution is 5.73. The predicted molar refractivity (Wildman–Crippen MR) is 108 cm³/mol. The predicted octanol–water partition coefficient (Wildman–Crippen LogP) is 3.10. The van der Waals surface area contributed by atoms with Crippen molar-refractivity contribution in [1.29, 1.82) is 0 Å². The molecule has 2 aliphatic heterocycles. The number of hydrogen-bond acceptors (Lipinski definition) is 8. The first-order valence-corrected chi connectivity index (χ1v) is 10.6. The molecule has 0 radical (unpaired) electrons. The summed E-state index contributed by atoms with van der Waals surface area (Å²) >= 11 is 0. The zero-order chi connectivity index (χ0) is 23.9. The van der Waals surface area contributed by atoms with Crippen LogP contribution in [0.3, 0.4) is 0 Å². The van der Waals surface area contributed by atoms with E-state index in [2.05, 4.69) is 20.0 Å². The van der Waals surface area contributed by atoms with E-state index in [0.29, 0.717) is 23.8 Å². The van der Waals surface area contributed by atoms with Crippen LogP contribution in [0.25, 0.3) is 0 Å². The lowest BCUT2D eigenvalue weighted by Crippen LogP contribution is -2.49. The van der Waals surface area contributed by atoms with E-state index in [1.165, 1.54) is 12.8 Å². The van der Waals surface area contributed by atoms with Gasteiger partial charge in [0.1, 0.15) is 5.76 Å². The van der Waals surface area contributed by atoms with E-state index in [9.17, 15) is 13.2 Å². The van der Waals surface area contributed by atoms with Crippen molar-refractivity contribution >= 4 is 5.97 Å². The molecule has 2 fully saturated rings. The quantitative estimate of drug-likeness (QED) is 0.702. The van der Waals surface area contributed by atoms with Crippen molar-refractivity contribution in [1.82, 2.24) is 20.0 Å². The largest absolute Gasteiger partial charge is 0.490 e. The first kappa shape index (κ1) is 24.9. The molecule has 12 heteroatoms. The van der Waals surface area contributed by atoms with Crippen LogP contribution in [-0.4, -0.2) is 70.2 Å². The van der Waals surface area contributed by atoms with Crippen LogP contribution in [0.5, 0.6) is 5.88 Å². The maximum atomic E-state index is 10.6. The lowest BCUT2D eigenvalue weighted by molar-refractivity contribution is -0.192. The van der Waals surface area contributed by atoms with Gasteiger partial charge in [-0.3, -0.25) is 9.88 Å². The minimum absolute atomic E-state index is 0.302. The van der Waals surface area contributed by atoms with Crippen molar-refractivity contribution in [2.45, 2.75) is 38.9 Å². The number of aromatic nitrogens is 3. The van der Waals surface area contributed by atoms with Gasteiger partial charge in [-0.15, -0.1) is 0 Å². The second kappa shape index (κ2) is 10.9. The first-order chi connectivity index (χ1) is 15.7. The summed E-state index contributed by atoms with van der Waals surface area (Å²) < 4.78 is 48.6. The Bertz CT molecular complexity index is 886. The highest BCUT2D eigenvalue weighted by atomic mass is 19.4. The maximum absolute atomic E-state index is 10.6. The number of likely N-dealkylation sites (tertiary alicyclic amines) is 1. The zero-order valence-corrected chi connectivity index (χ0v) is 18.3. The molecule has 4 rings (SSSR count). The molecule has 2 aromatic rings. The highest BCUT2D eigenvalue weighted by Gasteiger charge is 2.44. The van der Waals surface area contributed by atoms with Gasteiger partial charge in [0, 0.05) is 37.5 Å². The first-order valence-electron chi connectivity index (χ1n) is 10.6. The van der Waals surface area contributed by atoms with Gasteiger partial charge in [0.05, 0.1) is 25.1 Å². The van der Waals surface area contributed by atoms with Crippen molar-refractivity contribution in [2.24, 2.45) is 11.3 Å². The Hall–Kier alpha value is -2.73. The molecule has 0 amide bonds. The summed E-state index contributed by atoms with van der Waals surface area (Å²) in [7, 11) is 0. The normalized spacial score (nSPS) is 20.7. The van der Waals surface area contributed by atoms with E-state index >= 15 is 0 Å². The summed E-state index contributed by atoms with van der Waals surface area (Å²) in [6.45, 7) is 7.21. The monoisotopic (exact) mass is 472 g/mol. The summed E-state index contributed by atoms with van der Waals surface area (Å²) in [5.41, 5.74) is 1.32. The Morgan fingerprint density at radius 2 is 2.03 bits per heavy atom. The van der Waals surface area contributed by atoms with Crippen LogP contribution >= 0.6 is 0 Å². The summed E-state index contributed by atoms with van der Waals surface area (Å²) in [5.74, 6) is -0.895. The number of rotatable bonds is 5. The molecule has 0 aliphatic carbocycles. The smallest absolute Gasteiger partial charge is 0.476 e. The van der Waals surface area contributed by atoms with Crippen molar-refractivity contribution < 1.29 is 37.1 Å². The summed E-state index contributed by atoms with van der Waals surface area (Å²) in [6.07, 6.45) is 3.34. The third-order valence-electron chi connectivity index (χ3n) is 6.06. The molecule has 0 saturated carbocycles. The second-order valence-electron chi connectivity index (χ2n) is 8.25. The molecule has 1 atom stereocenters. The van der Waals surface area contributed by atoms with Crippen LogP contribution in [0.4, 0.5) is 13.2 Å². The number of carboxylic acids is 1. The molecule has 1 spiro atoms. The number of nitrogens with zero attached hydrogens (tertiary/aromatic N) is 4. The molecule has 2 aliphatic rings. The number of aliphatic carboxylic acids is 1. The topological polar surface area (TPSA) is 111 Å². The summed E-state index contributed by atoms with van der Waals surface area (Å²) in [5, 5.41) is 11.2. The van der Waals surface area contributed by atoms with Crippen LogP contribution < -0.4 is 4.74 Å². The molecule has 4 heterocycles. The fraction of sp³-hybridized carbons (Fsp3) is 0.619. The van der Waals surface area contributed by atoms with E-state index in [1.54, 1.807) is 18.6 Å². The third kappa shape index (κ3) is 7.13. The molecule has 9 nitrogen and oxygen atoms in total. The number of carboxylic acid groups (broad SMARTS) is 1. The van der Waals surface area contributed by atoms with Gasteiger partial charge >= 0.3 is 12.1 Å². The SMILES string of the molecule is Cc1cc(CN2CCC3(CCOCC3COc3cnccn3)CC2)no1.O=C(O)C(F)(F)F. The summed E-state index contributed by atoms with van der Waals surface area (Å²) in [6, 6.07) is 2.02. The minimum atomic E-state index is -5.08. The number of halogens is 3. The van der Waals surface area contributed by atoms with E-state index < -0.39 is 12.1 Å². The number of carbonyl (C=O) groups is 1. The van der Waals surface area contributed by atoms with E-state index in [-0.39, 0.29) is 0 Å². The number of aryl methyl sites for hydroxylation is 1. The summed E-state index contributed by atoms with van der Waals surface area (Å²) in [4.78, 5) is 19.6. The lowest BCUT2D eigenvalue weighted by atomic mass is 9.66. The maximum Gasteiger partial charge on any atom is 0.490 e. The van der Waals surface area contributed by atoms with Crippen molar-refractivity contribution in [3.63, 3.8) is 0 Å². The molecule has 2 aromatic heterocycles. The van der Waals surface area contributed by atoms with Crippen molar-refractivity contribution in [2.75, 3.05) is 32.9 Å². The fourth-order valence-corrected chi connectivity index (χ4v) is 4.19. The second-order valence-corrected chi connectivity index (χ2v) is 8.25. The Balaban J connectivity index is 0.000000383. The van der Waals surface area contributed by atoms with Gasteiger partial charge < -0.3 is 19.1 Å². The van der Waals surface area contributed by atoms with Gasteiger partial charge in [-0.2, -0.15) is 13.2 Å². The molecule has 1 unspecified atom stereocenters. The molecular formula is C21H27F3N4O5. The number of ether oxygens (including phenoxy) is 2. The Morgan fingerprint density at radius 1 is 1.30 bits per heavy atom. The zero-order valence-electron chi connectivity index (χ0n) is 18.3. The average Bonchev–Trinajstić information content (AvgIpc) is 3.20. The standard InChI is InChI=1S/C19H26N4O3.C2HF3O2/c1-15-10-17(22-26-15)12-23-7-2-19(3-8-23)4-9-24-13-16(19)14-25-18-11-20-5-6-21-18;3-2(4,5)1(6)7/h5-6,10-11,16H,2-4,7-9,12-14H2,1H3;(H,6,7). The fourth-order valence-electron chi connectivity index (χ4n) is 4.19. The van der Waals surface area contributed by atoms with Crippen LogP contribution in [0, 0.1) is 18.3 Å². The van der Waals surface area contributed by atoms with E-state index in [1.807, 2.05) is 13.0 Å². The Kier molecular flexibility index (Phi) is 8.25. The molecule has 2 saturated heterocycles. The molecular weight excluding hydrogens is 445 g/mol. The molecule has 182 valence electrons. The number of alkyl halides is 3. The van der Waals surface area contributed by atoms with Crippen LogP contribution in [-0.2, 0) is 16.1 Å². The van der Waals surface area contributed by atoms with Gasteiger partial charge in [0.2, 0.25) is 5.88 Å². The van der Waals surface area contributed by atoms with Crippen molar-refractivity contribution in [3.8, 4) is 5.88 Å². The van der Waals surface area contributed by atoms with E-state index in [0.717, 1.165) is 50.7 Å².